The van der Waals surface area contributed by atoms with Crippen LogP contribution in [0.1, 0.15) is 17.3 Å². The number of likely N-dealkylation sites (N-methyl/N-ethyl adjacent to an activating group) is 1. The Morgan fingerprint density at radius 2 is 1.90 bits per heavy atom. The maximum atomic E-state index is 12.7. The van der Waals surface area contributed by atoms with Crippen LogP contribution in [-0.2, 0) is 0 Å². The van der Waals surface area contributed by atoms with E-state index in [1.165, 1.54) is 0 Å². The zero-order chi connectivity index (χ0) is 13.9. The van der Waals surface area contributed by atoms with Gasteiger partial charge in [-0.3, -0.25) is 9.78 Å². The third kappa shape index (κ3) is 2.39. The maximum Gasteiger partial charge on any atom is 0.256 e. The number of fused-ring (bicyclic) bond motifs is 1. The number of pyridine rings is 1. The normalized spacial score (nSPS) is 16.6. The molecule has 20 heavy (non-hydrogen) atoms. The van der Waals surface area contributed by atoms with Crippen molar-refractivity contribution in [2.45, 2.75) is 6.92 Å². The van der Waals surface area contributed by atoms with Gasteiger partial charge < -0.3 is 9.80 Å². The summed E-state index contributed by atoms with van der Waals surface area (Å²) in [6.07, 6.45) is 1.74. The van der Waals surface area contributed by atoms with Crippen molar-refractivity contribution < 1.29 is 4.79 Å². The van der Waals surface area contributed by atoms with E-state index in [1.807, 2.05) is 35.2 Å². The fourth-order valence-corrected chi connectivity index (χ4v) is 2.71. The van der Waals surface area contributed by atoms with Crippen molar-refractivity contribution in [1.29, 1.82) is 0 Å². The molecule has 1 aromatic heterocycles. The molecule has 1 aromatic carbocycles. The minimum absolute atomic E-state index is 0.102. The lowest BCUT2D eigenvalue weighted by Crippen LogP contribution is -2.48. The van der Waals surface area contributed by atoms with Gasteiger partial charge in [0.25, 0.3) is 5.91 Å². The first kappa shape index (κ1) is 13.1. The minimum Gasteiger partial charge on any atom is -0.336 e. The molecule has 0 spiro atoms. The molecule has 1 saturated heterocycles. The Hall–Kier alpha value is -1.94. The van der Waals surface area contributed by atoms with E-state index in [4.69, 9.17) is 0 Å². The SMILES string of the molecule is CCN1CCN(C(=O)c2cccc3cccnc23)CC1. The lowest BCUT2D eigenvalue weighted by Gasteiger charge is -2.34. The van der Waals surface area contributed by atoms with Crippen molar-refractivity contribution >= 4 is 16.8 Å². The van der Waals surface area contributed by atoms with Crippen LogP contribution in [0.3, 0.4) is 0 Å². The molecule has 0 bridgehead atoms. The molecule has 2 heterocycles. The largest absolute Gasteiger partial charge is 0.336 e. The Morgan fingerprint density at radius 1 is 1.15 bits per heavy atom. The molecule has 2 aromatic rings. The average Bonchev–Trinajstić information content (AvgIpc) is 2.54. The van der Waals surface area contributed by atoms with Gasteiger partial charge in [0, 0.05) is 37.8 Å². The zero-order valence-electron chi connectivity index (χ0n) is 11.7. The van der Waals surface area contributed by atoms with E-state index in [1.54, 1.807) is 6.20 Å². The number of para-hydroxylation sites is 1. The first-order valence-corrected chi connectivity index (χ1v) is 7.15. The van der Waals surface area contributed by atoms with Gasteiger partial charge in [-0.05, 0) is 18.7 Å². The molecule has 0 atom stereocenters. The van der Waals surface area contributed by atoms with Gasteiger partial charge in [-0.25, -0.2) is 0 Å². The number of rotatable bonds is 2. The molecule has 1 amide bonds. The molecule has 0 aliphatic carbocycles. The van der Waals surface area contributed by atoms with Crippen molar-refractivity contribution in [1.82, 2.24) is 14.8 Å². The second-order valence-electron chi connectivity index (χ2n) is 5.11. The van der Waals surface area contributed by atoms with Gasteiger partial charge in [-0.2, -0.15) is 0 Å². The Kier molecular flexibility index (Phi) is 3.65. The van der Waals surface area contributed by atoms with Crippen molar-refractivity contribution in [3.63, 3.8) is 0 Å². The third-order valence-electron chi connectivity index (χ3n) is 3.97. The van der Waals surface area contributed by atoms with Crippen LogP contribution in [-0.4, -0.2) is 53.4 Å². The quantitative estimate of drug-likeness (QED) is 0.837. The number of carbonyl (C=O) groups excluding carboxylic acids is 1. The van der Waals surface area contributed by atoms with Gasteiger partial charge >= 0.3 is 0 Å². The fourth-order valence-electron chi connectivity index (χ4n) is 2.71. The number of carbonyl (C=O) groups is 1. The number of piperazine rings is 1. The van der Waals surface area contributed by atoms with Crippen LogP contribution >= 0.6 is 0 Å². The summed E-state index contributed by atoms with van der Waals surface area (Å²) in [6, 6.07) is 9.70. The summed E-state index contributed by atoms with van der Waals surface area (Å²) < 4.78 is 0. The summed E-state index contributed by atoms with van der Waals surface area (Å²) in [5, 5.41) is 1.02. The van der Waals surface area contributed by atoms with Gasteiger partial charge in [0.15, 0.2) is 0 Å². The summed E-state index contributed by atoms with van der Waals surface area (Å²) in [5.41, 5.74) is 1.52. The molecule has 1 aliphatic rings. The zero-order valence-corrected chi connectivity index (χ0v) is 11.7. The van der Waals surface area contributed by atoms with Gasteiger partial charge in [-0.15, -0.1) is 0 Å². The summed E-state index contributed by atoms with van der Waals surface area (Å²) >= 11 is 0. The molecule has 0 N–H and O–H groups in total. The van der Waals surface area contributed by atoms with E-state index in [0.717, 1.165) is 43.6 Å². The molecule has 0 saturated carbocycles. The lowest BCUT2D eigenvalue weighted by atomic mass is 10.1. The first-order chi connectivity index (χ1) is 9.79. The van der Waals surface area contributed by atoms with E-state index >= 15 is 0 Å². The third-order valence-corrected chi connectivity index (χ3v) is 3.97. The Bertz CT molecular complexity index is 613. The molecule has 1 fully saturated rings. The van der Waals surface area contributed by atoms with E-state index in [-0.39, 0.29) is 5.91 Å². The Morgan fingerprint density at radius 3 is 2.65 bits per heavy atom. The highest BCUT2D eigenvalue weighted by molar-refractivity contribution is 6.05. The Labute approximate surface area is 119 Å². The first-order valence-electron chi connectivity index (χ1n) is 7.15. The van der Waals surface area contributed by atoms with Gasteiger partial charge in [0.2, 0.25) is 0 Å². The maximum absolute atomic E-state index is 12.7. The molecule has 4 nitrogen and oxygen atoms in total. The van der Waals surface area contributed by atoms with Crippen molar-refractivity contribution in [2.75, 3.05) is 32.7 Å². The number of benzene rings is 1. The van der Waals surface area contributed by atoms with Gasteiger partial charge in [-0.1, -0.05) is 25.1 Å². The number of amides is 1. The number of nitrogens with zero attached hydrogens (tertiary/aromatic N) is 3. The van der Waals surface area contributed by atoms with Crippen LogP contribution in [0.25, 0.3) is 10.9 Å². The highest BCUT2D eigenvalue weighted by Gasteiger charge is 2.22. The van der Waals surface area contributed by atoms with Crippen LogP contribution < -0.4 is 0 Å². The highest BCUT2D eigenvalue weighted by Crippen LogP contribution is 2.18. The average molecular weight is 269 g/mol. The molecule has 104 valence electrons. The lowest BCUT2D eigenvalue weighted by molar-refractivity contribution is 0.0645. The van der Waals surface area contributed by atoms with E-state index in [9.17, 15) is 4.79 Å². The molecular formula is C16H19N3O. The summed E-state index contributed by atoms with van der Waals surface area (Å²) in [6.45, 7) is 6.73. The number of aromatic nitrogens is 1. The molecule has 1 aliphatic heterocycles. The summed E-state index contributed by atoms with van der Waals surface area (Å²) in [5.74, 6) is 0.102. The molecule has 0 radical (unpaired) electrons. The monoisotopic (exact) mass is 269 g/mol. The smallest absolute Gasteiger partial charge is 0.256 e. The van der Waals surface area contributed by atoms with E-state index in [0.29, 0.717) is 5.56 Å². The van der Waals surface area contributed by atoms with Gasteiger partial charge in [0.05, 0.1) is 11.1 Å². The van der Waals surface area contributed by atoms with Crippen molar-refractivity contribution in [2.24, 2.45) is 0 Å². The number of hydrogen-bond acceptors (Lipinski definition) is 3. The van der Waals surface area contributed by atoms with Crippen molar-refractivity contribution in [3.05, 3.63) is 42.1 Å². The second kappa shape index (κ2) is 5.59. The topological polar surface area (TPSA) is 36.4 Å². The van der Waals surface area contributed by atoms with Crippen LogP contribution in [0.2, 0.25) is 0 Å². The highest BCUT2D eigenvalue weighted by atomic mass is 16.2. The molecule has 0 unspecified atom stereocenters. The summed E-state index contributed by atoms with van der Waals surface area (Å²) in [4.78, 5) is 21.4. The fraction of sp³-hybridized carbons (Fsp3) is 0.375. The van der Waals surface area contributed by atoms with Crippen LogP contribution in [0.15, 0.2) is 36.5 Å². The Balaban J connectivity index is 1.86. The predicted octanol–water partition coefficient (Wildman–Crippen LogP) is 2.01. The van der Waals surface area contributed by atoms with Crippen LogP contribution in [0.4, 0.5) is 0 Å². The van der Waals surface area contributed by atoms with Crippen molar-refractivity contribution in [3.8, 4) is 0 Å². The van der Waals surface area contributed by atoms with Crippen LogP contribution in [0.5, 0.6) is 0 Å². The molecular weight excluding hydrogens is 250 g/mol. The molecule has 3 rings (SSSR count). The van der Waals surface area contributed by atoms with Gasteiger partial charge in [0.1, 0.15) is 0 Å². The summed E-state index contributed by atoms with van der Waals surface area (Å²) in [7, 11) is 0. The van der Waals surface area contributed by atoms with E-state index in [2.05, 4.69) is 16.8 Å². The number of hydrogen-bond donors (Lipinski definition) is 0. The predicted molar refractivity (Wildman–Crippen MR) is 79.8 cm³/mol. The van der Waals surface area contributed by atoms with Crippen LogP contribution in [0, 0.1) is 0 Å². The molecule has 4 heteroatoms. The standard InChI is InChI=1S/C16H19N3O/c1-2-18-9-11-19(12-10-18)16(20)14-7-3-5-13-6-4-8-17-15(13)14/h3-8H,2,9-12H2,1H3. The minimum atomic E-state index is 0.102. The van der Waals surface area contributed by atoms with E-state index < -0.39 is 0 Å². The second-order valence-corrected chi connectivity index (χ2v) is 5.11.